The Morgan fingerprint density at radius 2 is 2.00 bits per heavy atom. The minimum absolute atomic E-state index is 0. The first-order chi connectivity index (χ1) is 9.29. The lowest BCUT2D eigenvalue weighted by atomic mass is 9.88. The van der Waals surface area contributed by atoms with Crippen molar-refractivity contribution < 1.29 is 22.4 Å². The summed E-state index contributed by atoms with van der Waals surface area (Å²) < 4.78 is 51.1. The molecule has 0 radical (unpaired) electrons. The average Bonchev–Trinajstić information content (AvgIpc) is 2.28. The Labute approximate surface area is 125 Å². The summed E-state index contributed by atoms with van der Waals surface area (Å²) in [6.45, 7) is 3.03. The monoisotopic (exact) mass is 326 g/mol. The van der Waals surface area contributed by atoms with Crippen molar-refractivity contribution in [3.8, 4) is 0 Å². The zero-order valence-electron chi connectivity index (χ0n) is 11.1. The Bertz CT molecular complexity index is 517. The molecule has 3 nitrogen and oxygen atoms in total. The molecule has 1 aliphatic rings. The van der Waals surface area contributed by atoms with Crippen molar-refractivity contribution in [3.63, 3.8) is 0 Å². The SMILES string of the molecule is CC(C(=O)Nc1cc(C(F)(F)F)ccc1F)C1CNC1.Cl. The number of carbonyl (C=O) groups is 1. The molecule has 1 unspecified atom stereocenters. The molecule has 0 bridgehead atoms. The van der Waals surface area contributed by atoms with Gasteiger partial charge in [-0.1, -0.05) is 6.92 Å². The smallest absolute Gasteiger partial charge is 0.323 e. The number of rotatable bonds is 3. The lowest BCUT2D eigenvalue weighted by Crippen LogP contribution is -2.48. The minimum Gasteiger partial charge on any atom is -0.323 e. The van der Waals surface area contributed by atoms with Crippen molar-refractivity contribution in [2.45, 2.75) is 13.1 Å². The third-order valence-corrected chi connectivity index (χ3v) is 3.49. The predicted octanol–water partition coefficient (Wildman–Crippen LogP) is 3.06. The lowest BCUT2D eigenvalue weighted by molar-refractivity contribution is -0.137. The molecule has 1 saturated heterocycles. The first-order valence-electron chi connectivity index (χ1n) is 6.17. The van der Waals surface area contributed by atoms with Crippen molar-refractivity contribution in [2.75, 3.05) is 18.4 Å². The van der Waals surface area contributed by atoms with E-state index in [9.17, 15) is 22.4 Å². The Kier molecular flexibility index (Phi) is 5.58. The van der Waals surface area contributed by atoms with Crippen LogP contribution < -0.4 is 10.6 Å². The van der Waals surface area contributed by atoms with E-state index in [1.165, 1.54) is 0 Å². The second-order valence-corrected chi connectivity index (χ2v) is 4.89. The van der Waals surface area contributed by atoms with Crippen LogP contribution in [0.4, 0.5) is 23.2 Å². The molecule has 0 aliphatic carbocycles. The van der Waals surface area contributed by atoms with Crippen molar-refractivity contribution in [1.29, 1.82) is 0 Å². The van der Waals surface area contributed by atoms with E-state index in [0.717, 1.165) is 0 Å². The zero-order chi connectivity index (χ0) is 14.9. The van der Waals surface area contributed by atoms with Gasteiger partial charge in [0.1, 0.15) is 5.82 Å². The molecule has 1 aromatic rings. The van der Waals surface area contributed by atoms with Crippen LogP contribution in [-0.2, 0) is 11.0 Å². The molecule has 1 atom stereocenters. The standard InChI is InChI=1S/C13H14F4N2O.ClH/c1-7(8-5-18-6-8)12(20)19-11-4-9(13(15,16)17)2-3-10(11)14;/h2-4,7-8,18H,5-6H2,1H3,(H,19,20);1H. The van der Waals surface area contributed by atoms with Gasteiger partial charge in [-0.2, -0.15) is 13.2 Å². The van der Waals surface area contributed by atoms with E-state index in [1.54, 1.807) is 6.92 Å². The quantitative estimate of drug-likeness (QED) is 0.838. The van der Waals surface area contributed by atoms with Crippen LogP contribution in [0.2, 0.25) is 0 Å². The molecule has 1 aromatic carbocycles. The second kappa shape index (κ2) is 6.62. The number of alkyl halides is 3. The molecular weight excluding hydrogens is 312 g/mol. The Hall–Kier alpha value is -1.34. The number of halogens is 5. The lowest BCUT2D eigenvalue weighted by Gasteiger charge is -2.31. The Balaban J connectivity index is 0.00000220. The number of hydrogen-bond donors (Lipinski definition) is 2. The van der Waals surface area contributed by atoms with Gasteiger partial charge in [-0.15, -0.1) is 12.4 Å². The highest BCUT2D eigenvalue weighted by molar-refractivity contribution is 5.92. The molecule has 0 saturated carbocycles. The van der Waals surface area contributed by atoms with Gasteiger partial charge in [-0.05, 0) is 37.2 Å². The Morgan fingerprint density at radius 1 is 1.38 bits per heavy atom. The fraction of sp³-hybridized carbons (Fsp3) is 0.462. The summed E-state index contributed by atoms with van der Waals surface area (Å²) in [5.41, 5.74) is -1.43. The molecule has 1 heterocycles. The number of benzene rings is 1. The summed E-state index contributed by atoms with van der Waals surface area (Å²) in [6, 6.07) is 1.96. The maximum Gasteiger partial charge on any atom is 0.416 e. The summed E-state index contributed by atoms with van der Waals surface area (Å²) in [7, 11) is 0. The largest absolute Gasteiger partial charge is 0.416 e. The first-order valence-corrected chi connectivity index (χ1v) is 6.17. The van der Waals surface area contributed by atoms with Crippen molar-refractivity contribution in [2.24, 2.45) is 11.8 Å². The van der Waals surface area contributed by atoms with Crippen LogP contribution in [0, 0.1) is 17.7 Å². The molecule has 2 N–H and O–H groups in total. The highest BCUT2D eigenvalue weighted by Crippen LogP contribution is 2.32. The van der Waals surface area contributed by atoms with Gasteiger partial charge < -0.3 is 10.6 Å². The molecule has 1 aliphatic heterocycles. The zero-order valence-corrected chi connectivity index (χ0v) is 11.9. The molecule has 0 spiro atoms. The second-order valence-electron chi connectivity index (χ2n) is 4.89. The van der Waals surface area contributed by atoms with Gasteiger partial charge >= 0.3 is 6.18 Å². The van der Waals surface area contributed by atoms with Gasteiger partial charge in [-0.3, -0.25) is 4.79 Å². The van der Waals surface area contributed by atoms with Crippen LogP contribution in [0.15, 0.2) is 18.2 Å². The van der Waals surface area contributed by atoms with Gasteiger partial charge in [0, 0.05) is 5.92 Å². The van der Waals surface area contributed by atoms with Crippen molar-refractivity contribution >= 4 is 24.0 Å². The van der Waals surface area contributed by atoms with Gasteiger partial charge in [0.15, 0.2) is 0 Å². The van der Waals surface area contributed by atoms with E-state index < -0.39 is 29.2 Å². The predicted molar refractivity (Wildman–Crippen MR) is 72.8 cm³/mol. The summed E-state index contributed by atoms with van der Waals surface area (Å²) in [5, 5.41) is 5.23. The van der Waals surface area contributed by atoms with Crippen LogP contribution in [0.3, 0.4) is 0 Å². The summed E-state index contributed by atoms with van der Waals surface area (Å²) in [6.07, 6.45) is -4.57. The van der Waals surface area contributed by atoms with Crippen molar-refractivity contribution in [1.82, 2.24) is 5.32 Å². The van der Waals surface area contributed by atoms with Gasteiger partial charge in [0.2, 0.25) is 5.91 Å². The molecule has 118 valence electrons. The van der Waals surface area contributed by atoms with Crippen LogP contribution >= 0.6 is 12.4 Å². The fourth-order valence-corrected chi connectivity index (χ4v) is 1.92. The maximum absolute atomic E-state index is 13.5. The number of amides is 1. The first kappa shape index (κ1) is 17.7. The van der Waals surface area contributed by atoms with Crippen LogP contribution in [0.25, 0.3) is 0 Å². The summed E-state index contributed by atoms with van der Waals surface area (Å²) in [4.78, 5) is 11.9. The molecule has 8 heteroatoms. The van der Waals surface area contributed by atoms with Gasteiger partial charge in [-0.25, -0.2) is 4.39 Å². The average molecular weight is 327 g/mol. The van der Waals surface area contributed by atoms with E-state index in [4.69, 9.17) is 0 Å². The third-order valence-electron chi connectivity index (χ3n) is 3.49. The van der Waals surface area contributed by atoms with E-state index in [0.29, 0.717) is 31.3 Å². The van der Waals surface area contributed by atoms with Gasteiger partial charge in [0.05, 0.1) is 11.3 Å². The van der Waals surface area contributed by atoms with E-state index in [1.807, 2.05) is 0 Å². The molecule has 1 fully saturated rings. The molecule has 2 rings (SSSR count). The fourth-order valence-electron chi connectivity index (χ4n) is 1.92. The number of carbonyl (C=O) groups excluding carboxylic acids is 1. The minimum atomic E-state index is -4.57. The van der Waals surface area contributed by atoms with Crippen LogP contribution in [0.1, 0.15) is 12.5 Å². The third kappa shape index (κ3) is 4.07. The molecular formula is C13H15ClF4N2O. The number of nitrogens with one attached hydrogen (secondary N) is 2. The highest BCUT2D eigenvalue weighted by Gasteiger charge is 2.32. The normalized spacial score (nSPS) is 16.6. The Morgan fingerprint density at radius 3 is 2.48 bits per heavy atom. The number of hydrogen-bond acceptors (Lipinski definition) is 2. The van der Waals surface area contributed by atoms with Gasteiger partial charge in [0.25, 0.3) is 0 Å². The summed E-state index contributed by atoms with van der Waals surface area (Å²) >= 11 is 0. The van der Waals surface area contributed by atoms with E-state index in [2.05, 4.69) is 10.6 Å². The van der Waals surface area contributed by atoms with E-state index >= 15 is 0 Å². The van der Waals surface area contributed by atoms with Crippen molar-refractivity contribution in [3.05, 3.63) is 29.6 Å². The topological polar surface area (TPSA) is 41.1 Å². The molecule has 0 aromatic heterocycles. The maximum atomic E-state index is 13.5. The molecule has 1 amide bonds. The number of anilines is 1. The van der Waals surface area contributed by atoms with Crippen LogP contribution in [-0.4, -0.2) is 19.0 Å². The van der Waals surface area contributed by atoms with E-state index in [-0.39, 0.29) is 24.2 Å². The van der Waals surface area contributed by atoms with Crippen LogP contribution in [0.5, 0.6) is 0 Å². The summed E-state index contributed by atoms with van der Waals surface area (Å²) in [5.74, 6) is -1.62. The highest BCUT2D eigenvalue weighted by atomic mass is 35.5. The molecule has 21 heavy (non-hydrogen) atoms.